The molecule has 0 bridgehead atoms. The second kappa shape index (κ2) is 9.34. The van der Waals surface area contributed by atoms with E-state index in [0.29, 0.717) is 38.5 Å². The van der Waals surface area contributed by atoms with Crippen LogP contribution in [0.25, 0.3) is 0 Å². The third kappa shape index (κ3) is 6.11. The van der Waals surface area contributed by atoms with Gasteiger partial charge in [-0.1, -0.05) is 0 Å². The highest BCUT2D eigenvalue weighted by Gasteiger charge is 2.58. The fraction of sp³-hybridized carbons (Fsp3) is 0.667. The van der Waals surface area contributed by atoms with E-state index in [9.17, 15) is 35.5 Å². The molecule has 1 heterocycles. The first-order valence-electron chi connectivity index (χ1n) is 10.3. The summed E-state index contributed by atoms with van der Waals surface area (Å²) in [5, 5.41) is 0. The van der Waals surface area contributed by atoms with Gasteiger partial charge in [0.15, 0.2) is 5.78 Å². The SMILES string of the molecule is O=C(c1c(F)cc(OCCCC2CCN(CC(F)(F)C(F)(F)F)CC2)cc1F)C1CC1. The molecule has 10 heteroatoms. The van der Waals surface area contributed by atoms with Crippen molar-refractivity contribution >= 4 is 5.78 Å². The molecule has 1 saturated heterocycles. The number of rotatable bonds is 9. The maximum atomic E-state index is 14.1. The summed E-state index contributed by atoms with van der Waals surface area (Å²) < 4.78 is 96.8. The number of carbonyl (C=O) groups is 1. The number of carbonyl (C=O) groups excluding carboxylic acids is 1. The lowest BCUT2D eigenvalue weighted by atomic mass is 9.92. The van der Waals surface area contributed by atoms with E-state index in [0.717, 1.165) is 17.0 Å². The molecule has 0 aromatic heterocycles. The molecule has 1 aliphatic heterocycles. The van der Waals surface area contributed by atoms with Crippen molar-refractivity contribution in [1.29, 1.82) is 0 Å². The highest BCUT2D eigenvalue weighted by Crippen LogP contribution is 2.37. The fourth-order valence-electron chi connectivity index (χ4n) is 3.78. The van der Waals surface area contributed by atoms with Crippen LogP contribution in [0.4, 0.5) is 30.7 Å². The standard InChI is InChI=1S/C21H24F7NO2/c22-16-10-15(11-17(23)18(16)19(30)14-3-4-14)31-9-1-2-13-5-7-29(8-6-13)12-20(24,25)21(26,27)28/h10-11,13-14H,1-9,12H2. The van der Waals surface area contributed by atoms with Crippen LogP contribution >= 0.6 is 0 Å². The Morgan fingerprint density at radius 3 is 2.10 bits per heavy atom. The predicted molar refractivity (Wildman–Crippen MR) is 98.3 cm³/mol. The zero-order valence-corrected chi connectivity index (χ0v) is 16.8. The van der Waals surface area contributed by atoms with Crippen molar-refractivity contribution in [2.45, 2.75) is 50.6 Å². The largest absolute Gasteiger partial charge is 0.493 e. The molecular weight excluding hydrogens is 431 g/mol. The summed E-state index contributed by atoms with van der Waals surface area (Å²) in [5.41, 5.74) is -0.530. The lowest BCUT2D eigenvalue weighted by Crippen LogP contribution is -2.49. The van der Waals surface area contributed by atoms with Gasteiger partial charge in [-0.15, -0.1) is 0 Å². The van der Waals surface area contributed by atoms with Gasteiger partial charge in [-0.2, -0.15) is 22.0 Å². The van der Waals surface area contributed by atoms with Crippen molar-refractivity contribution in [1.82, 2.24) is 4.90 Å². The molecule has 2 fully saturated rings. The Morgan fingerprint density at radius 2 is 1.58 bits per heavy atom. The number of hydrogen-bond donors (Lipinski definition) is 0. The van der Waals surface area contributed by atoms with Crippen molar-refractivity contribution in [2.75, 3.05) is 26.2 Å². The Morgan fingerprint density at radius 1 is 1.00 bits per heavy atom. The van der Waals surface area contributed by atoms with E-state index in [4.69, 9.17) is 4.74 Å². The first kappa shape index (κ1) is 23.8. The van der Waals surface area contributed by atoms with E-state index in [2.05, 4.69) is 0 Å². The maximum absolute atomic E-state index is 14.1. The fourth-order valence-corrected chi connectivity index (χ4v) is 3.78. The number of benzene rings is 1. The summed E-state index contributed by atoms with van der Waals surface area (Å²) in [6, 6.07) is 1.97. The molecule has 31 heavy (non-hydrogen) atoms. The van der Waals surface area contributed by atoms with Crippen molar-refractivity contribution in [2.24, 2.45) is 11.8 Å². The second-order valence-corrected chi connectivity index (χ2v) is 8.31. The maximum Gasteiger partial charge on any atom is 0.454 e. The van der Waals surface area contributed by atoms with Crippen molar-refractivity contribution in [3.05, 3.63) is 29.3 Å². The summed E-state index contributed by atoms with van der Waals surface area (Å²) >= 11 is 0. The third-order valence-electron chi connectivity index (χ3n) is 5.78. The average molecular weight is 455 g/mol. The van der Waals surface area contributed by atoms with Crippen LogP contribution in [0.2, 0.25) is 0 Å². The van der Waals surface area contributed by atoms with E-state index in [1.807, 2.05) is 0 Å². The zero-order chi connectivity index (χ0) is 22.8. The highest BCUT2D eigenvalue weighted by molar-refractivity contribution is 5.99. The van der Waals surface area contributed by atoms with Crippen LogP contribution in [0.5, 0.6) is 5.75 Å². The summed E-state index contributed by atoms with van der Waals surface area (Å²) in [4.78, 5) is 13.0. The van der Waals surface area contributed by atoms with Gasteiger partial charge in [0.1, 0.15) is 17.4 Å². The average Bonchev–Trinajstić information content (AvgIpc) is 3.50. The van der Waals surface area contributed by atoms with Gasteiger partial charge in [0.05, 0.1) is 18.7 Å². The van der Waals surface area contributed by atoms with E-state index >= 15 is 0 Å². The molecule has 174 valence electrons. The smallest absolute Gasteiger partial charge is 0.454 e. The number of piperidine rings is 1. The minimum Gasteiger partial charge on any atom is -0.493 e. The molecule has 2 aliphatic rings. The molecule has 0 atom stereocenters. The molecule has 0 radical (unpaired) electrons. The lowest BCUT2D eigenvalue weighted by Gasteiger charge is -2.34. The van der Waals surface area contributed by atoms with E-state index < -0.39 is 41.6 Å². The molecule has 0 unspecified atom stereocenters. The first-order valence-corrected chi connectivity index (χ1v) is 10.3. The number of ether oxygens (including phenoxy) is 1. The van der Waals surface area contributed by atoms with Gasteiger partial charge >= 0.3 is 12.1 Å². The number of likely N-dealkylation sites (tertiary alicyclic amines) is 1. The Bertz CT molecular complexity index is 761. The summed E-state index contributed by atoms with van der Waals surface area (Å²) in [7, 11) is 0. The molecule has 0 N–H and O–H groups in total. The number of ketones is 1. The zero-order valence-electron chi connectivity index (χ0n) is 16.8. The van der Waals surface area contributed by atoms with Crippen LogP contribution < -0.4 is 4.74 Å². The number of alkyl halides is 5. The molecule has 0 spiro atoms. The number of halogens is 7. The monoisotopic (exact) mass is 455 g/mol. The quantitative estimate of drug-likeness (QED) is 0.275. The molecule has 0 amide bonds. The van der Waals surface area contributed by atoms with Crippen LogP contribution in [0.15, 0.2) is 12.1 Å². The van der Waals surface area contributed by atoms with Crippen molar-refractivity contribution in [3.63, 3.8) is 0 Å². The van der Waals surface area contributed by atoms with Crippen molar-refractivity contribution < 1.29 is 40.3 Å². The molecular formula is C21H24F7NO2. The summed E-state index contributed by atoms with van der Waals surface area (Å²) in [6.07, 6.45) is -2.09. The minimum absolute atomic E-state index is 0.0217. The van der Waals surface area contributed by atoms with Crippen LogP contribution in [-0.2, 0) is 0 Å². The molecule has 1 aliphatic carbocycles. The molecule has 3 rings (SSSR count). The van der Waals surface area contributed by atoms with Gasteiger partial charge in [-0.3, -0.25) is 9.69 Å². The predicted octanol–water partition coefficient (Wildman–Crippen LogP) is 5.63. The van der Waals surface area contributed by atoms with Crippen LogP contribution in [0.1, 0.15) is 48.9 Å². The normalized spacial score (nSPS) is 18.9. The number of hydrogen-bond acceptors (Lipinski definition) is 3. The highest BCUT2D eigenvalue weighted by atomic mass is 19.4. The van der Waals surface area contributed by atoms with Gasteiger partial charge in [0, 0.05) is 18.1 Å². The number of Topliss-reactive ketones (excluding diaryl/α,β-unsaturated/α-hetero) is 1. The summed E-state index contributed by atoms with van der Waals surface area (Å²) in [6.45, 7) is -0.849. The Balaban J connectivity index is 1.39. The third-order valence-corrected chi connectivity index (χ3v) is 5.78. The Hall–Kier alpha value is -1.84. The van der Waals surface area contributed by atoms with Gasteiger partial charge in [-0.05, 0) is 57.5 Å². The second-order valence-electron chi connectivity index (χ2n) is 8.31. The topological polar surface area (TPSA) is 29.5 Å². The van der Waals surface area contributed by atoms with Gasteiger partial charge < -0.3 is 4.74 Å². The molecule has 3 nitrogen and oxygen atoms in total. The first-order chi connectivity index (χ1) is 14.5. The van der Waals surface area contributed by atoms with Gasteiger partial charge in [-0.25, -0.2) is 8.78 Å². The lowest BCUT2D eigenvalue weighted by molar-refractivity contribution is -0.287. The van der Waals surface area contributed by atoms with Gasteiger partial charge in [0.25, 0.3) is 0 Å². The van der Waals surface area contributed by atoms with Crippen LogP contribution in [0, 0.1) is 23.5 Å². The Labute approximate surface area is 175 Å². The minimum atomic E-state index is -5.55. The van der Waals surface area contributed by atoms with Crippen molar-refractivity contribution in [3.8, 4) is 5.75 Å². The number of nitrogens with zero attached hydrogens (tertiary/aromatic N) is 1. The molecule has 1 aromatic carbocycles. The molecule has 1 saturated carbocycles. The van der Waals surface area contributed by atoms with E-state index in [1.165, 1.54) is 0 Å². The Kier molecular flexibility index (Phi) is 7.18. The summed E-state index contributed by atoms with van der Waals surface area (Å²) in [5.74, 6) is -7.32. The van der Waals surface area contributed by atoms with Crippen LogP contribution in [-0.4, -0.2) is 49.0 Å². The van der Waals surface area contributed by atoms with E-state index in [-0.39, 0.29) is 37.3 Å². The molecule has 1 aromatic rings. The van der Waals surface area contributed by atoms with E-state index in [1.54, 1.807) is 0 Å². The van der Waals surface area contributed by atoms with Gasteiger partial charge in [0.2, 0.25) is 0 Å². The van der Waals surface area contributed by atoms with Crippen LogP contribution in [0.3, 0.4) is 0 Å².